The molecule has 0 aliphatic heterocycles. The van der Waals surface area contributed by atoms with Crippen molar-refractivity contribution in [1.29, 1.82) is 0 Å². The van der Waals surface area contributed by atoms with E-state index in [0.717, 1.165) is 0 Å². The molecule has 0 aliphatic carbocycles. The molecule has 0 saturated carbocycles. The smallest absolute Gasteiger partial charge is 0.417 e. The molecule has 0 unspecified atom stereocenters. The molecule has 19 heavy (non-hydrogen) atoms. The van der Waals surface area contributed by atoms with Crippen LogP contribution in [-0.4, -0.2) is 17.6 Å². The van der Waals surface area contributed by atoms with Crippen LogP contribution in [0.5, 0.6) is 0 Å². The maximum Gasteiger partial charge on any atom is 0.417 e. The summed E-state index contributed by atoms with van der Waals surface area (Å²) in [6.45, 7) is 1.20. The van der Waals surface area contributed by atoms with E-state index in [1.165, 1.54) is 6.92 Å². The number of alkyl halides is 5. The molecule has 0 saturated heterocycles. The van der Waals surface area contributed by atoms with E-state index >= 15 is 0 Å². The minimum absolute atomic E-state index is 0.184. The highest BCUT2D eigenvalue weighted by Gasteiger charge is 2.42. The highest BCUT2D eigenvalue weighted by Crippen LogP contribution is 2.41. The van der Waals surface area contributed by atoms with E-state index in [1.54, 1.807) is 0 Å². The van der Waals surface area contributed by atoms with Crippen LogP contribution in [0, 0.1) is 0 Å². The van der Waals surface area contributed by atoms with Gasteiger partial charge in [-0.3, -0.25) is 0 Å². The van der Waals surface area contributed by atoms with Gasteiger partial charge in [-0.15, -0.1) is 0 Å². The number of hydrogen-bond donors (Lipinski definition) is 0. The largest absolute Gasteiger partial charge is 0.462 e. The molecule has 0 amide bonds. The van der Waals surface area contributed by atoms with Crippen molar-refractivity contribution in [2.75, 3.05) is 6.61 Å². The number of carbonyl (C=O) groups excluding carboxylic acids is 1. The summed E-state index contributed by atoms with van der Waals surface area (Å²) in [7, 11) is 0. The van der Waals surface area contributed by atoms with Crippen LogP contribution in [0.25, 0.3) is 0 Å². The second kappa shape index (κ2) is 5.81. The quantitative estimate of drug-likeness (QED) is 0.471. The molecule has 0 radical (unpaired) electrons. The lowest BCUT2D eigenvalue weighted by atomic mass is 10.0. The van der Waals surface area contributed by atoms with Gasteiger partial charge in [-0.25, -0.2) is 18.6 Å². The van der Waals surface area contributed by atoms with Crippen molar-refractivity contribution >= 4 is 21.9 Å². The molecule has 3 nitrogen and oxygen atoms in total. The summed E-state index contributed by atoms with van der Waals surface area (Å²) in [6.07, 6.45) is -8.01. The molecule has 1 heterocycles. The molecule has 0 atom stereocenters. The van der Waals surface area contributed by atoms with E-state index in [2.05, 4.69) is 25.7 Å². The van der Waals surface area contributed by atoms with Crippen LogP contribution in [0.1, 0.15) is 34.8 Å². The third kappa shape index (κ3) is 3.40. The number of esters is 1. The number of halogens is 6. The van der Waals surface area contributed by atoms with Crippen LogP contribution in [0.4, 0.5) is 22.0 Å². The normalized spacial score (nSPS) is 11.8. The Hall–Kier alpha value is -1.25. The summed E-state index contributed by atoms with van der Waals surface area (Å²) >= 11 is 2.52. The predicted octanol–water partition coefficient (Wildman–Crippen LogP) is 3.98. The molecule has 0 fully saturated rings. The van der Waals surface area contributed by atoms with Crippen molar-refractivity contribution < 1.29 is 31.5 Å². The molecule has 1 aromatic heterocycles. The van der Waals surface area contributed by atoms with Crippen molar-refractivity contribution in [2.24, 2.45) is 0 Å². The summed E-state index contributed by atoms with van der Waals surface area (Å²) in [5.41, 5.74) is -4.14. The van der Waals surface area contributed by atoms with Crippen molar-refractivity contribution in [1.82, 2.24) is 4.98 Å². The number of ether oxygens (including phenoxy) is 1. The fraction of sp³-hybridized carbons (Fsp3) is 0.400. The average molecular weight is 348 g/mol. The standard InChI is InChI=1S/C10H7BrF5NO2/c1-2-19-9(18)4-3-17-7(11)5(8(12)13)6(4)10(14,15)16/h3,8H,2H2,1H3. The molecule has 106 valence electrons. The SMILES string of the molecule is CCOC(=O)c1cnc(Br)c(C(F)F)c1C(F)(F)F. The van der Waals surface area contributed by atoms with Gasteiger partial charge in [-0.2, -0.15) is 13.2 Å². The average Bonchev–Trinajstić information content (AvgIpc) is 2.26. The minimum atomic E-state index is -5.13. The Kier molecular flexibility index (Phi) is 4.83. The Morgan fingerprint density at radius 1 is 1.47 bits per heavy atom. The van der Waals surface area contributed by atoms with Crippen LogP contribution < -0.4 is 0 Å². The first-order valence-corrected chi connectivity index (χ1v) is 5.70. The Labute approximate surface area is 112 Å². The Morgan fingerprint density at radius 3 is 2.47 bits per heavy atom. The third-order valence-electron chi connectivity index (χ3n) is 2.06. The zero-order valence-electron chi connectivity index (χ0n) is 9.39. The number of pyridine rings is 1. The van der Waals surface area contributed by atoms with Gasteiger partial charge < -0.3 is 4.74 Å². The van der Waals surface area contributed by atoms with E-state index < -0.39 is 39.9 Å². The highest BCUT2D eigenvalue weighted by molar-refractivity contribution is 9.10. The first-order valence-electron chi connectivity index (χ1n) is 4.91. The molecular weight excluding hydrogens is 341 g/mol. The van der Waals surface area contributed by atoms with Gasteiger partial charge in [0.1, 0.15) is 4.60 Å². The van der Waals surface area contributed by atoms with Gasteiger partial charge in [0.2, 0.25) is 0 Å². The lowest BCUT2D eigenvalue weighted by Gasteiger charge is -2.16. The topological polar surface area (TPSA) is 39.2 Å². The van der Waals surface area contributed by atoms with Crippen molar-refractivity contribution in [3.63, 3.8) is 0 Å². The van der Waals surface area contributed by atoms with E-state index in [9.17, 15) is 26.7 Å². The second-order valence-electron chi connectivity index (χ2n) is 3.27. The fourth-order valence-electron chi connectivity index (χ4n) is 1.37. The Morgan fingerprint density at radius 2 is 2.05 bits per heavy atom. The molecule has 9 heteroatoms. The van der Waals surface area contributed by atoms with Crippen molar-refractivity contribution in [3.05, 3.63) is 27.5 Å². The van der Waals surface area contributed by atoms with Gasteiger partial charge >= 0.3 is 12.1 Å². The van der Waals surface area contributed by atoms with Gasteiger partial charge in [0.15, 0.2) is 0 Å². The maximum atomic E-state index is 12.9. The van der Waals surface area contributed by atoms with Crippen LogP contribution in [0.3, 0.4) is 0 Å². The molecule has 1 rings (SSSR count). The predicted molar refractivity (Wildman–Crippen MR) is 57.9 cm³/mol. The molecular formula is C10H7BrF5NO2. The van der Waals surface area contributed by atoms with Crippen molar-refractivity contribution in [3.8, 4) is 0 Å². The summed E-state index contributed by atoms with van der Waals surface area (Å²) in [5, 5.41) is 0. The molecule has 0 spiro atoms. The summed E-state index contributed by atoms with van der Waals surface area (Å²) < 4.78 is 67.8. The monoisotopic (exact) mass is 347 g/mol. The van der Waals surface area contributed by atoms with Crippen molar-refractivity contribution in [2.45, 2.75) is 19.5 Å². The number of nitrogens with zero attached hydrogens (tertiary/aromatic N) is 1. The highest BCUT2D eigenvalue weighted by atomic mass is 79.9. The zero-order chi connectivity index (χ0) is 14.8. The zero-order valence-corrected chi connectivity index (χ0v) is 11.0. The Bertz CT molecular complexity index is 490. The third-order valence-corrected chi connectivity index (χ3v) is 2.70. The molecule has 0 aromatic carbocycles. The number of rotatable bonds is 3. The van der Waals surface area contributed by atoms with Crippen LogP contribution >= 0.6 is 15.9 Å². The summed E-state index contributed by atoms with van der Waals surface area (Å²) in [6, 6.07) is 0. The van der Waals surface area contributed by atoms with E-state index in [1.807, 2.05) is 0 Å². The van der Waals surface area contributed by atoms with Crippen LogP contribution in [0.2, 0.25) is 0 Å². The molecule has 0 N–H and O–H groups in total. The van der Waals surface area contributed by atoms with E-state index in [-0.39, 0.29) is 6.61 Å². The number of carbonyl (C=O) groups is 1. The van der Waals surface area contributed by atoms with E-state index in [4.69, 9.17) is 0 Å². The molecule has 1 aromatic rings. The fourth-order valence-corrected chi connectivity index (χ4v) is 1.85. The second-order valence-corrected chi connectivity index (χ2v) is 4.02. The van der Waals surface area contributed by atoms with Gasteiger partial charge in [-0.1, -0.05) is 0 Å². The Balaban J connectivity index is 3.57. The lowest BCUT2D eigenvalue weighted by molar-refractivity contribution is -0.140. The van der Waals surface area contributed by atoms with Gasteiger partial charge in [0.25, 0.3) is 6.43 Å². The number of hydrogen-bond acceptors (Lipinski definition) is 3. The summed E-state index contributed by atoms with van der Waals surface area (Å²) in [4.78, 5) is 14.7. The van der Waals surface area contributed by atoms with Crippen LogP contribution in [-0.2, 0) is 10.9 Å². The first kappa shape index (κ1) is 15.8. The number of aromatic nitrogens is 1. The molecule has 0 aliphatic rings. The molecule has 0 bridgehead atoms. The van der Waals surface area contributed by atoms with Crippen LogP contribution in [0.15, 0.2) is 10.8 Å². The van der Waals surface area contributed by atoms with Gasteiger partial charge in [0.05, 0.1) is 23.3 Å². The van der Waals surface area contributed by atoms with E-state index in [0.29, 0.717) is 6.20 Å². The lowest BCUT2D eigenvalue weighted by Crippen LogP contribution is -2.19. The van der Waals surface area contributed by atoms with Gasteiger partial charge in [-0.05, 0) is 22.9 Å². The van der Waals surface area contributed by atoms with Gasteiger partial charge in [0, 0.05) is 6.20 Å². The maximum absolute atomic E-state index is 12.9. The minimum Gasteiger partial charge on any atom is -0.462 e. The summed E-state index contributed by atoms with van der Waals surface area (Å²) in [5.74, 6) is -1.35. The first-order chi connectivity index (χ1) is 8.70.